The molecule has 3 rings (SSSR count). The molecule has 0 saturated carbocycles. The Morgan fingerprint density at radius 2 is 1.93 bits per heavy atom. The number of carbonyl (C=O) groups excluding carboxylic acids is 1. The minimum Gasteiger partial charge on any atom is -0.476 e. The smallest absolute Gasteiger partial charge is 0.235 e. The molecule has 1 aromatic heterocycles. The molecule has 0 radical (unpaired) electrons. The van der Waals surface area contributed by atoms with Crippen molar-refractivity contribution in [2.45, 2.75) is 13.2 Å². The molecule has 0 atom stereocenters. The van der Waals surface area contributed by atoms with Crippen LogP contribution in [0.3, 0.4) is 0 Å². The molecule has 2 aromatic rings. The van der Waals surface area contributed by atoms with E-state index in [9.17, 15) is 4.79 Å². The van der Waals surface area contributed by atoms with Crippen molar-refractivity contribution in [1.82, 2.24) is 9.88 Å². The minimum atomic E-state index is -0.802. The first-order chi connectivity index (χ1) is 13.9. The number of amides is 1. The number of pyridine rings is 1. The van der Waals surface area contributed by atoms with Crippen LogP contribution in [0.25, 0.3) is 0 Å². The number of nitrogens with one attached hydrogen (secondary N) is 1. The lowest BCUT2D eigenvalue weighted by Gasteiger charge is -2.36. The van der Waals surface area contributed by atoms with Gasteiger partial charge in [0.15, 0.2) is 6.29 Å². The van der Waals surface area contributed by atoms with Crippen molar-refractivity contribution in [1.29, 1.82) is 0 Å². The van der Waals surface area contributed by atoms with E-state index in [1.165, 1.54) is 0 Å². The van der Waals surface area contributed by atoms with Gasteiger partial charge >= 0.3 is 0 Å². The van der Waals surface area contributed by atoms with Gasteiger partial charge in [-0.3, -0.25) is 4.79 Å². The molecule has 7 nitrogen and oxygen atoms in total. The average Bonchev–Trinajstić information content (AvgIpc) is 2.70. The summed E-state index contributed by atoms with van der Waals surface area (Å²) in [5, 5.41) is 3.52. The molecule has 0 spiro atoms. The molecule has 1 saturated heterocycles. The molecule has 1 fully saturated rings. The number of hydrogen-bond donors (Lipinski definition) is 1. The van der Waals surface area contributed by atoms with E-state index in [4.69, 9.17) is 25.8 Å². The lowest BCUT2D eigenvalue weighted by Crippen LogP contribution is -2.45. The summed E-state index contributed by atoms with van der Waals surface area (Å²) in [7, 11) is 3.96. The van der Waals surface area contributed by atoms with Gasteiger partial charge in [0, 0.05) is 23.2 Å². The molecule has 0 unspecified atom stereocenters. The highest BCUT2D eigenvalue weighted by atomic mass is 35.5. The summed E-state index contributed by atoms with van der Waals surface area (Å²) in [5.41, 5.74) is 0.658. The van der Waals surface area contributed by atoms with Crippen LogP contribution in [-0.4, -0.2) is 56.3 Å². The number of halogens is 1. The summed E-state index contributed by atoms with van der Waals surface area (Å²) < 4.78 is 17.2. The highest BCUT2D eigenvalue weighted by molar-refractivity contribution is 6.30. The van der Waals surface area contributed by atoms with E-state index in [1.807, 2.05) is 38.1 Å². The van der Waals surface area contributed by atoms with Crippen molar-refractivity contribution in [2.24, 2.45) is 5.41 Å². The third-order valence-corrected chi connectivity index (χ3v) is 4.83. The predicted octanol–water partition coefficient (Wildman–Crippen LogP) is 3.37. The van der Waals surface area contributed by atoms with Crippen LogP contribution in [0, 0.1) is 5.41 Å². The van der Waals surface area contributed by atoms with Crippen molar-refractivity contribution in [3.05, 3.63) is 53.2 Å². The lowest BCUT2D eigenvalue weighted by atomic mass is 9.90. The summed E-state index contributed by atoms with van der Waals surface area (Å²) in [4.78, 5) is 19.0. The number of aromatic nitrogens is 1. The fourth-order valence-corrected chi connectivity index (χ4v) is 2.83. The normalized spacial score (nSPS) is 21.8. The van der Waals surface area contributed by atoms with Crippen LogP contribution in [0.1, 0.15) is 18.8 Å². The Hall–Kier alpha value is -2.19. The minimum absolute atomic E-state index is 0.185. The van der Waals surface area contributed by atoms with Gasteiger partial charge in [0.05, 0.1) is 30.5 Å². The van der Waals surface area contributed by atoms with Gasteiger partial charge in [-0.15, -0.1) is 0 Å². The Morgan fingerprint density at radius 3 is 2.52 bits per heavy atom. The van der Waals surface area contributed by atoms with Gasteiger partial charge in [0.2, 0.25) is 11.8 Å². The zero-order chi connectivity index (χ0) is 20.9. The maximum atomic E-state index is 12.8. The largest absolute Gasteiger partial charge is 0.476 e. The van der Waals surface area contributed by atoms with Gasteiger partial charge in [-0.25, -0.2) is 4.98 Å². The number of rotatable bonds is 7. The molecule has 1 aliphatic rings. The monoisotopic (exact) mass is 419 g/mol. The van der Waals surface area contributed by atoms with Crippen molar-refractivity contribution >= 4 is 23.2 Å². The van der Waals surface area contributed by atoms with Crippen LogP contribution in [0.5, 0.6) is 5.88 Å². The number of anilines is 1. The number of likely N-dealkylation sites (N-methyl/N-ethyl adjacent to an activating group) is 1. The van der Waals surface area contributed by atoms with E-state index in [-0.39, 0.29) is 19.1 Å². The van der Waals surface area contributed by atoms with Gasteiger partial charge in [0.1, 0.15) is 6.61 Å². The van der Waals surface area contributed by atoms with Gasteiger partial charge in [-0.1, -0.05) is 23.7 Å². The molecule has 1 N–H and O–H groups in total. The molecule has 2 heterocycles. The molecule has 1 aliphatic heterocycles. The number of hydrogen-bond acceptors (Lipinski definition) is 6. The summed E-state index contributed by atoms with van der Waals surface area (Å²) in [6, 6.07) is 10.8. The van der Waals surface area contributed by atoms with Crippen LogP contribution >= 0.6 is 11.6 Å². The van der Waals surface area contributed by atoms with Crippen LogP contribution in [-0.2, 0) is 14.3 Å². The van der Waals surface area contributed by atoms with Crippen molar-refractivity contribution in [2.75, 3.05) is 45.8 Å². The number of nitrogens with zero attached hydrogens (tertiary/aromatic N) is 2. The molecular formula is C21H26ClN3O4. The maximum Gasteiger partial charge on any atom is 0.235 e. The quantitative estimate of drug-likeness (QED) is 0.741. The first-order valence-corrected chi connectivity index (χ1v) is 9.77. The Morgan fingerprint density at radius 1 is 1.24 bits per heavy atom. The Kier molecular flexibility index (Phi) is 7.08. The highest BCUT2D eigenvalue weighted by Gasteiger charge is 2.40. The van der Waals surface area contributed by atoms with Crippen LogP contribution in [0.4, 0.5) is 5.69 Å². The molecule has 1 aromatic carbocycles. The molecular weight excluding hydrogens is 394 g/mol. The van der Waals surface area contributed by atoms with Gasteiger partial charge in [-0.2, -0.15) is 0 Å². The number of carbonyl (C=O) groups is 1. The van der Waals surface area contributed by atoms with Crippen molar-refractivity contribution in [3.63, 3.8) is 0 Å². The molecule has 29 heavy (non-hydrogen) atoms. The van der Waals surface area contributed by atoms with Crippen LogP contribution in [0.15, 0.2) is 42.6 Å². The van der Waals surface area contributed by atoms with E-state index >= 15 is 0 Å². The second kappa shape index (κ2) is 9.54. The van der Waals surface area contributed by atoms with E-state index in [1.54, 1.807) is 30.5 Å². The number of ether oxygens (including phenoxy) is 3. The second-order valence-electron chi connectivity index (χ2n) is 7.56. The SMILES string of the molecule is CN(C)CCOc1ccc(NC(=O)C2(C)COC(c3ccc(Cl)cc3)OC2)cn1. The fourth-order valence-electron chi connectivity index (χ4n) is 2.71. The Labute approximate surface area is 175 Å². The Bertz CT molecular complexity index is 804. The van der Waals surface area contributed by atoms with Gasteiger partial charge in [-0.05, 0) is 39.2 Å². The molecule has 0 bridgehead atoms. The summed E-state index contributed by atoms with van der Waals surface area (Å²) >= 11 is 5.91. The molecule has 156 valence electrons. The predicted molar refractivity (Wildman–Crippen MR) is 111 cm³/mol. The highest BCUT2D eigenvalue weighted by Crippen LogP contribution is 2.33. The zero-order valence-corrected chi connectivity index (χ0v) is 17.6. The molecule has 1 amide bonds. The zero-order valence-electron chi connectivity index (χ0n) is 16.9. The first-order valence-electron chi connectivity index (χ1n) is 9.39. The third-order valence-electron chi connectivity index (χ3n) is 4.58. The first kappa shape index (κ1) is 21.5. The lowest BCUT2D eigenvalue weighted by molar-refractivity contribution is -0.226. The number of benzene rings is 1. The average molecular weight is 420 g/mol. The summed E-state index contributed by atoms with van der Waals surface area (Å²) in [5.74, 6) is 0.335. The fraction of sp³-hybridized carbons (Fsp3) is 0.429. The second-order valence-corrected chi connectivity index (χ2v) is 7.99. The van der Waals surface area contributed by atoms with E-state index < -0.39 is 11.7 Å². The van der Waals surface area contributed by atoms with Crippen molar-refractivity contribution in [3.8, 4) is 5.88 Å². The van der Waals surface area contributed by atoms with Gasteiger partial charge in [0.25, 0.3) is 0 Å². The maximum absolute atomic E-state index is 12.8. The topological polar surface area (TPSA) is 72.9 Å². The van der Waals surface area contributed by atoms with E-state index in [2.05, 4.69) is 10.3 Å². The van der Waals surface area contributed by atoms with Crippen LogP contribution < -0.4 is 10.1 Å². The van der Waals surface area contributed by atoms with E-state index in [0.717, 1.165) is 12.1 Å². The standard InChI is InChI=1S/C21H26ClN3O4/c1-21(13-28-19(29-14-21)15-4-6-16(22)7-5-15)20(26)24-17-8-9-18(23-12-17)27-11-10-25(2)3/h4-9,12,19H,10-11,13-14H2,1-3H3,(H,24,26). The van der Waals surface area contributed by atoms with Crippen molar-refractivity contribution < 1.29 is 19.0 Å². The third kappa shape index (κ3) is 5.90. The van der Waals surface area contributed by atoms with Gasteiger partial charge < -0.3 is 24.4 Å². The van der Waals surface area contributed by atoms with Crippen LogP contribution in [0.2, 0.25) is 5.02 Å². The molecule has 8 heteroatoms. The summed E-state index contributed by atoms with van der Waals surface area (Å²) in [6.45, 7) is 3.64. The summed E-state index contributed by atoms with van der Waals surface area (Å²) in [6.07, 6.45) is 1.07. The molecule has 0 aliphatic carbocycles. The Balaban J connectivity index is 1.52. The van der Waals surface area contributed by atoms with E-state index in [0.29, 0.717) is 23.2 Å².